The number of carbonyl (C=O) groups is 2. The van der Waals surface area contributed by atoms with Crippen LogP contribution in [0.5, 0.6) is 0 Å². The maximum atomic E-state index is 12.1. The monoisotopic (exact) mass is 388 g/mol. The molecule has 2 aromatic carbocycles. The summed E-state index contributed by atoms with van der Waals surface area (Å²) in [6.07, 6.45) is 1.02. The summed E-state index contributed by atoms with van der Waals surface area (Å²) in [6.45, 7) is 1.48. The first-order valence-corrected chi connectivity index (χ1v) is 10.1. The molecule has 1 aliphatic heterocycles. The molecule has 0 radical (unpaired) electrons. The summed E-state index contributed by atoms with van der Waals surface area (Å²) in [5.41, 5.74) is 3.21. The van der Waals surface area contributed by atoms with Gasteiger partial charge < -0.3 is 10.6 Å². The number of nitrogens with one attached hydrogen (secondary N) is 2. The first-order valence-electron chi connectivity index (χ1n) is 8.58. The lowest BCUT2D eigenvalue weighted by atomic mass is 9.94. The summed E-state index contributed by atoms with van der Waals surface area (Å²) in [6, 6.07) is 15.3. The normalized spacial score (nSPS) is 16.0. The predicted octanol–water partition coefficient (Wildman–Crippen LogP) is 3.26. The Bertz CT molecular complexity index is 780. The van der Waals surface area contributed by atoms with E-state index in [1.165, 1.54) is 22.9 Å². The standard InChI is InChI=1S/C20H21ClN2O2S/c21-16-7-5-15(6-8-16)19(24)12-26-13-20(25)23-11-18-17-4-2-1-3-14(17)9-10-22-18/h1-8,18,22H,9-13H2,(H,23,25). The SMILES string of the molecule is O=C(CSCC(=O)c1ccc(Cl)cc1)NCC1NCCc2ccccc21. The van der Waals surface area contributed by atoms with Gasteiger partial charge in [0.05, 0.1) is 11.5 Å². The molecule has 136 valence electrons. The van der Waals surface area contributed by atoms with Crippen LogP contribution in [0.4, 0.5) is 0 Å². The molecule has 6 heteroatoms. The van der Waals surface area contributed by atoms with Gasteiger partial charge in [-0.2, -0.15) is 0 Å². The third kappa shape index (κ3) is 5.10. The Hall–Kier alpha value is -1.82. The van der Waals surface area contributed by atoms with Crippen LogP contribution in [-0.2, 0) is 11.2 Å². The molecule has 0 saturated heterocycles. The molecule has 1 aliphatic rings. The van der Waals surface area contributed by atoms with E-state index in [9.17, 15) is 9.59 Å². The Balaban J connectivity index is 1.41. The van der Waals surface area contributed by atoms with Gasteiger partial charge in [0.25, 0.3) is 0 Å². The zero-order valence-electron chi connectivity index (χ0n) is 14.3. The molecule has 2 N–H and O–H groups in total. The lowest BCUT2D eigenvalue weighted by molar-refractivity contribution is -0.118. The molecular weight excluding hydrogens is 368 g/mol. The molecule has 1 unspecified atom stereocenters. The third-order valence-corrected chi connectivity index (χ3v) is 5.54. The molecule has 0 saturated carbocycles. The highest BCUT2D eigenvalue weighted by atomic mass is 35.5. The first kappa shape index (κ1) is 19.0. The number of hydrogen-bond acceptors (Lipinski definition) is 4. The average Bonchev–Trinajstić information content (AvgIpc) is 2.66. The molecule has 26 heavy (non-hydrogen) atoms. The van der Waals surface area contributed by atoms with E-state index in [0.717, 1.165) is 13.0 Å². The van der Waals surface area contributed by atoms with Gasteiger partial charge in [-0.05, 0) is 48.4 Å². The molecule has 0 aliphatic carbocycles. The number of rotatable bonds is 7. The van der Waals surface area contributed by atoms with E-state index in [-0.39, 0.29) is 29.2 Å². The maximum Gasteiger partial charge on any atom is 0.230 e. The van der Waals surface area contributed by atoms with Crippen molar-refractivity contribution in [2.45, 2.75) is 12.5 Å². The summed E-state index contributed by atoms with van der Waals surface area (Å²) < 4.78 is 0. The van der Waals surface area contributed by atoms with Crippen LogP contribution in [-0.4, -0.2) is 36.3 Å². The molecule has 0 bridgehead atoms. The van der Waals surface area contributed by atoms with Crippen molar-refractivity contribution in [3.63, 3.8) is 0 Å². The predicted molar refractivity (Wildman–Crippen MR) is 107 cm³/mol. The van der Waals surface area contributed by atoms with E-state index in [0.29, 0.717) is 17.1 Å². The second kappa shape index (κ2) is 9.21. The fourth-order valence-corrected chi connectivity index (χ4v) is 3.87. The number of carbonyl (C=O) groups excluding carboxylic acids is 2. The van der Waals surface area contributed by atoms with Crippen LogP contribution in [0, 0.1) is 0 Å². The fourth-order valence-electron chi connectivity index (χ4n) is 3.00. The number of ketones is 1. The Morgan fingerprint density at radius 2 is 1.88 bits per heavy atom. The van der Waals surface area contributed by atoms with Gasteiger partial charge in [0.15, 0.2) is 5.78 Å². The smallest absolute Gasteiger partial charge is 0.230 e. The van der Waals surface area contributed by atoms with E-state index in [1.807, 2.05) is 12.1 Å². The minimum atomic E-state index is -0.0521. The number of amides is 1. The molecule has 3 rings (SSSR count). The molecule has 0 aromatic heterocycles. The van der Waals surface area contributed by atoms with Gasteiger partial charge in [-0.3, -0.25) is 9.59 Å². The zero-order chi connectivity index (χ0) is 18.4. The van der Waals surface area contributed by atoms with Crippen molar-refractivity contribution >= 4 is 35.1 Å². The van der Waals surface area contributed by atoms with Gasteiger partial charge in [0.1, 0.15) is 0 Å². The molecule has 1 amide bonds. The van der Waals surface area contributed by atoms with E-state index in [1.54, 1.807) is 24.3 Å². The second-order valence-electron chi connectivity index (χ2n) is 6.18. The summed E-state index contributed by atoms with van der Waals surface area (Å²) in [4.78, 5) is 24.1. The van der Waals surface area contributed by atoms with Crippen LogP contribution >= 0.6 is 23.4 Å². The van der Waals surface area contributed by atoms with Crippen LogP contribution in [0.2, 0.25) is 5.02 Å². The second-order valence-corrected chi connectivity index (χ2v) is 7.60. The quantitative estimate of drug-likeness (QED) is 0.715. The Kier molecular flexibility index (Phi) is 6.72. The maximum absolute atomic E-state index is 12.1. The largest absolute Gasteiger partial charge is 0.353 e. The molecule has 0 fully saturated rings. The minimum Gasteiger partial charge on any atom is -0.353 e. The lowest BCUT2D eigenvalue weighted by Gasteiger charge is -2.27. The van der Waals surface area contributed by atoms with Gasteiger partial charge >= 0.3 is 0 Å². The Labute approximate surface area is 162 Å². The number of Topliss-reactive ketones (excluding diaryl/α,β-unsaturated/α-hetero) is 1. The van der Waals surface area contributed by atoms with Crippen molar-refractivity contribution in [2.75, 3.05) is 24.6 Å². The van der Waals surface area contributed by atoms with E-state index in [4.69, 9.17) is 11.6 Å². The number of hydrogen-bond donors (Lipinski definition) is 2. The molecule has 1 heterocycles. The topological polar surface area (TPSA) is 58.2 Å². The summed E-state index contributed by atoms with van der Waals surface area (Å²) >= 11 is 7.14. The molecule has 4 nitrogen and oxygen atoms in total. The van der Waals surface area contributed by atoms with Crippen LogP contribution < -0.4 is 10.6 Å². The van der Waals surface area contributed by atoms with Gasteiger partial charge in [0, 0.05) is 23.2 Å². The van der Waals surface area contributed by atoms with Crippen molar-refractivity contribution in [3.05, 3.63) is 70.2 Å². The third-order valence-electron chi connectivity index (χ3n) is 4.35. The van der Waals surface area contributed by atoms with Crippen LogP contribution in [0.1, 0.15) is 27.5 Å². The highest BCUT2D eigenvalue weighted by Gasteiger charge is 2.19. The van der Waals surface area contributed by atoms with Crippen molar-refractivity contribution < 1.29 is 9.59 Å². The average molecular weight is 389 g/mol. The van der Waals surface area contributed by atoms with E-state index < -0.39 is 0 Å². The van der Waals surface area contributed by atoms with Crippen molar-refractivity contribution in [2.24, 2.45) is 0 Å². The highest BCUT2D eigenvalue weighted by molar-refractivity contribution is 8.00. The summed E-state index contributed by atoms with van der Waals surface area (Å²) in [5, 5.41) is 7.01. The number of fused-ring (bicyclic) bond motifs is 1. The highest BCUT2D eigenvalue weighted by Crippen LogP contribution is 2.21. The van der Waals surface area contributed by atoms with Gasteiger partial charge in [-0.1, -0.05) is 35.9 Å². The molecular formula is C20H21ClN2O2S. The zero-order valence-corrected chi connectivity index (χ0v) is 15.9. The molecule has 0 spiro atoms. The van der Waals surface area contributed by atoms with E-state index >= 15 is 0 Å². The van der Waals surface area contributed by atoms with Crippen molar-refractivity contribution in [3.8, 4) is 0 Å². The Morgan fingerprint density at radius 1 is 1.12 bits per heavy atom. The van der Waals surface area contributed by atoms with Crippen molar-refractivity contribution in [1.29, 1.82) is 0 Å². The molecule has 2 aromatic rings. The van der Waals surface area contributed by atoms with E-state index in [2.05, 4.69) is 22.8 Å². The lowest BCUT2D eigenvalue weighted by Crippen LogP contribution is -2.39. The minimum absolute atomic E-state index is 0.00217. The van der Waals surface area contributed by atoms with Crippen LogP contribution in [0.3, 0.4) is 0 Å². The van der Waals surface area contributed by atoms with Crippen molar-refractivity contribution in [1.82, 2.24) is 10.6 Å². The van der Waals surface area contributed by atoms with Gasteiger partial charge in [0.2, 0.25) is 5.91 Å². The van der Waals surface area contributed by atoms with Gasteiger partial charge in [-0.25, -0.2) is 0 Å². The first-order chi connectivity index (χ1) is 12.6. The molecule has 1 atom stereocenters. The number of thioether (sulfide) groups is 1. The van der Waals surface area contributed by atoms with Crippen LogP contribution in [0.15, 0.2) is 48.5 Å². The summed E-state index contributed by atoms with van der Waals surface area (Å²) in [5.74, 6) is 0.499. The Morgan fingerprint density at radius 3 is 2.69 bits per heavy atom. The van der Waals surface area contributed by atoms with Gasteiger partial charge in [-0.15, -0.1) is 11.8 Å². The summed E-state index contributed by atoms with van der Waals surface area (Å²) in [7, 11) is 0. The number of benzene rings is 2. The van der Waals surface area contributed by atoms with Crippen LogP contribution in [0.25, 0.3) is 0 Å². The fraction of sp³-hybridized carbons (Fsp3) is 0.300. The number of halogens is 1.